The van der Waals surface area contributed by atoms with Crippen LogP contribution in [0.25, 0.3) is 11.1 Å². The van der Waals surface area contributed by atoms with E-state index in [9.17, 15) is 14.4 Å². The number of fused-ring (bicyclic) bond motifs is 3. The molecule has 168 valence electrons. The Kier molecular flexibility index (Phi) is 6.41. The van der Waals surface area contributed by atoms with Gasteiger partial charge in [-0.25, -0.2) is 9.59 Å². The van der Waals surface area contributed by atoms with Gasteiger partial charge >= 0.3 is 12.1 Å². The summed E-state index contributed by atoms with van der Waals surface area (Å²) in [4.78, 5) is 35.8. The second kappa shape index (κ2) is 9.40. The largest absolute Gasteiger partial charge is 0.479 e. The Bertz CT molecular complexity index is 978. The van der Waals surface area contributed by atoms with Gasteiger partial charge in [-0.3, -0.25) is 4.79 Å². The van der Waals surface area contributed by atoms with Crippen LogP contribution < -0.4 is 10.6 Å². The van der Waals surface area contributed by atoms with Crippen molar-refractivity contribution in [3.63, 3.8) is 0 Å². The summed E-state index contributed by atoms with van der Waals surface area (Å²) in [6.45, 7) is 2.24. The third-order valence-electron chi connectivity index (χ3n) is 6.07. The Labute approximate surface area is 185 Å². The van der Waals surface area contributed by atoms with Gasteiger partial charge in [-0.1, -0.05) is 48.5 Å². The van der Waals surface area contributed by atoms with Gasteiger partial charge < -0.3 is 25.2 Å². The first-order valence-corrected chi connectivity index (χ1v) is 10.7. The van der Waals surface area contributed by atoms with E-state index in [2.05, 4.69) is 22.8 Å². The second-order valence-corrected chi connectivity index (χ2v) is 8.12. The van der Waals surface area contributed by atoms with Gasteiger partial charge in [0.15, 0.2) is 6.10 Å². The van der Waals surface area contributed by atoms with Crippen LogP contribution >= 0.6 is 0 Å². The van der Waals surface area contributed by atoms with E-state index in [0.717, 1.165) is 22.3 Å². The maximum absolute atomic E-state index is 12.3. The molecule has 1 fully saturated rings. The molecule has 0 unspecified atom stereocenters. The zero-order valence-electron chi connectivity index (χ0n) is 17.7. The molecule has 1 heterocycles. The third kappa shape index (κ3) is 4.45. The number of benzene rings is 2. The van der Waals surface area contributed by atoms with Crippen LogP contribution in [0.1, 0.15) is 30.4 Å². The molecule has 2 aliphatic rings. The Hall–Kier alpha value is -3.39. The molecule has 8 heteroatoms. The summed E-state index contributed by atoms with van der Waals surface area (Å²) >= 11 is 0. The zero-order chi connectivity index (χ0) is 22.7. The number of aliphatic carboxylic acids is 1. The number of alkyl carbamates (subject to hydrolysis) is 1. The minimum atomic E-state index is -1.04. The minimum Gasteiger partial charge on any atom is -0.479 e. The lowest BCUT2D eigenvalue weighted by molar-refractivity contribution is -0.149. The number of carbonyl (C=O) groups excluding carboxylic acids is 2. The number of amides is 2. The molecular weight excluding hydrogens is 412 g/mol. The van der Waals surface area contributed by atoms with Gasteiger partial charge in [0.25, 0.3) is 0 Å². The summed E-state index contributed by atoms with van der Waals surface area (Å²) in [5.41, 5.74) is 4.50. The standard InChI is InChI=1S/C24H26N2O6/c1-14(22(27)25-12-15-10-11-31-21(15)23(28)29)26-24(30)32-13-20-18-8-4-2-6-16(18)17-7-3-5-9-19(17)20/h2-9,14-15,20-21H,10-13H2,1H3,(H,25,27)(H,26,30)(H,28,29)/t14-,15-,21-/m0/s1. The number of hydrogen-bond acceptors (Lipinski definition) is 5. The van der Waals surface area contributed by atoms with Crippen LogP contribution in [-0.2, 0) is 19.1 Å². The summed E-state index contributed by atoms with van der Waals surface area (Å²) in [6, 6.07) is 15.3. The first kappa shape index (κ1) is 21.8. The molecule has 0 aromatic heterocycles. The molecule has 2 aromatic carbocycles. The normalized spacial score (nSPS) is 20.2. The van der Waals surface area contributed by atoms with Gasteiger partial charge in [0, 0.05) is 25.0 Å². The topological polar surface area (TPSA) is 114 Å². The van der Waals surface area contributed by atoms with Crippen LogP contribution in [0.15, 0.2) is 48.5 Å². The van der Waals surface area contributed by atoms with Crippen LogP contribution in [0.4, 0.5) is 4.79 Å². The molecule has 1 aliphatic heterocycles. The highest BCUT2D eigenvalue weighted by Crippen LogP contribution is 2.44. The number of rotatable bonds is 7. The van der Waals surface area contributed by atoms with E-state index in [4.69, 9.17) is 14.6 Å². The first-order valence-electron chi connectivity index (χ1n) is 10.7. The van der Waals surface area contributed by atoms with Gasteiger partial charge in [-0.2, -0.15) is 0 Å². The number of carboxylic acid groups (broad SMARTS) is 1. The van der Waals surface area contributed by atoms with E-state index in [-0.39, 0.29) is 25.0 Å². The lowest BCUT2D eigenvalue weighted by Crippen LogP contribution is -2.47. The molecule has 1 saturated heterocycles. The minimum absolute atomic E-state index is 0.0624. The molecule has 2 aromatic rings. The highest BCUT2D eigenvalue weighted by atomic mass is 16.5. The molecule has 8 nitrogen and oxygen atoms in total. The van der Waals surface area contributed by atoms with Gasteiger partial charge in [0.2, 0.25) is 5.91 Å². The summed E-state index contributed by atoms with van der Waals surface area (Å²) in [5, 5.41) is 14.4. The van der Waals surface area contributed by atoms with Gasteiger partial charge in [0.05, 0.1) is 0 Å². The van der Waals surface area contributed by atoms with Crippen molar-refractivity contribution >= 4 is 18.0 Å². The fraction of sp³-hybridized carbons (Fsp3) is 0.375. The number of hydrogen-bond donors (Lipinski definition) is 3. The molecular formula is C24H26N2O6. The Balaban J connectivity index is 1.29. The van der Waals surface area contributed by atoms with Gasteiger partial charge in [0.1, 0.15) is 12.6 Å². The van der Waals surface area contributed by atoms with E-state index < -0.39 is 30.1 Å². The summed E-state index contributed by atoms with van der Waals surface area (Å²) in [6.07, 6.45) is -1.03. The molecule has 3 atom stereocenters. The average Bonchev–Trinajstić information content (AvgIpc) is 3.39. The summed E-state index contributed by atoms with van der Waals surface area (Å²) in [7, 11) is 0. The maximum Gasteiger partial charge on any atom is 0.407 e. The van der Waals surface area contributed by atoms with Crippen molar-refractivity contribution in [3.05, 3.63) is 59.7 Å². The zero-order valence-corrected chi connectivity index (χ0v) is 17.7. The van der Waals surface area contributed by atoms with E-state index in [0.29, 0.717) is 13.0 Å². The SMILES string of the molecule is C[C@H](NC(=O)OCC1c2ccccc2-c2ccccc21)C(=O)NC[C@@H]1CCO[C@@H]1C(=O)O. The Morgan fingerprint density at radius 3 is 2.34 bits per heavy atom. The van der Waals surface area contributed by atoms with Crippen LogP contribution in [-0.4, -0.2) is 55.0 Å². The van der Waals surface area contributed by atoms with Crippen molar-refractivity contribution in [2.24, 2.45) is 5.92 Å². The Morgan fingerprint density at radius 1 is 1.09 bits per heavy atom. The van der Waals surface area contributed by atoms with Crippen LogP contribution in [0.3, 0.4) is 0 Å². The number of nitrogens with one attached hydrogen (secondary N) is 2. The van der Waals surface area contributed by atoms with Crippen molar-refractivity contribution in [1.29, 1.82) is 0 Å². The monoisotopic (exact) mass is 438 g/mol. The molecule has 0 radical (unpaired) electrons. The molecule has 3 N–H and O–H groups in total. The number of carboxylic acids is 1. The number of ether oxygens (including phenoxy) is 2. The average molecular weight is 438 g/mol. The second-order valence-electron chi connectivity index (χ2n) is 8.12. The first-order chi connectivity index (χ1) is 15.5. The number of carbonyl (C=O) groups is 3. The van der Waals surface area contributed by atoms with Crippen molar-refractivity contribution in [1.82, 2.24) is 10.6 Å². The molecule has 2 amide bonds. The highest BCUT2D eigenvalue weighted by Gasteiger charge is 2.34. The predicted molar refractivity (Wildman–Crippen MR) is 116 cm³/mol. The Morgan fingerprint density at radius 2 is 1.72 bits per heavy atom. The molecule has 0 bridgehead atoms. The maximum atomic E-state index is 12.3. The van der Waals surface area contributed by atoms with Gasteiger partial charge in [-0.15, -0.1) is 0 Å². The highest BCUT2D eigenvalue weighted by molar-refractivity contribution is 5.85. The third-order valence-corrected chi connectivity index (χ3v) is 6.07. The van der Waals surface area contributed by atoms with Crippen molar-refractivity contribution < 1.29 is 29.0 Å². The van der Waals surface area contributed by atoms with E-state index >= 15 is 0 Å². The molecule has 32 heavy (non-hydrogen) atoms. The fourth-order valence-electron chi connectivity index (χ4n) is 4.38. The lowest BCUT2D eigenvalue weighted by atomic mass is 9.98. The van der Waals surface area contributed by atoms with Crippen molar-refractivity contribution in [2.75, 3.05) is 19.8 Å². The quantitative estimate of drug-likeness (QED) is 0.612. The molecule has 4 rings (SSSR count). The van der Waals surface area contributed by atoms with E-state index in [1.807, 2.05) is 36.4 Å². The predicted octanol–water partition coefficient (Wildman–Crippen LogP) is 2.52. The molecule has 0 saturated carbocycles. The van der Waals surface area contributed by atoms with Crippen LogP contribution in [0.5, 0.6) is 0 Å². The lowest BCUT2D eigenvalue weighted by Gasteiger charge is -2.19. The fourth-order valence-corrected chi connectivity index (χ4v) is 4.38. The van der Waals surface area contributed by atoms with Crippen LogP contribution in [0.2, 0.25) is 0 Å². The van der Waals surface area contributed by atoms with Crippen molar-refractivity contribution in [3.8, 4) is 11.1 Å². The molecule has 0 spiro atoms. The summed E-state index contributed by atoms with van der Waals surface area (Å²) < 4.78 is 10.6. The van der Waals surface area contributed by atoms with Crippen molar-refractivity contribution in [2.45, 2.75) is 31.4 Å². The molecule has 1 aliphatic carbocycles. The summed E-state index contributed by atoms with van der Waals surface area (Å²) in [5.74, 6) is -1.80. The van der Waals surface area contributed by atoms with Gasteiger partial charge in [-0.05, 0) is 35.6 Å². The van der Waals surface area contributed by atoms with E-state index in [1.54, 1.807) is 6.92 Å². The van der Waals surface area contributed by atoms with E-state index in [1.165, 1.54) is 0 Å². The smallest absolute Gasteiger partial charge is 0.407 e. The van der Waals surface area contributed by atoms with Crippen LogP contribution in [0, 0.1) is 5.92 Å².